The maximum Gasteiger partial charge on any atom is 0.322 e. The molecule has 22 heavy (non-hydrogen) atoms. The number of aromatic nitrogens is 3. The summed E-state index contributed by atoms with van der Waals surface area (Å²) in [7, 11) is 3.25. The Bertz CT molecular complexity index is 522. The third-order valence-corrected chi connectivity index (χ3v) is 3.68. The van der Waals surface area contributed by atoms with E-state index in [1.54, 1.807) is 19.0 Å². The predicted molar refractivity (Wildman–Crippen MR) is 79.1 cm³/mol. The lowest BCUT2D eigenvalue weighted by molar-refractivity contribution is -0.133. The van der Waals surface area contributed by atoms with Gasteiger partial charge < -0.3 is 14.9 Å². The van der Waals surface area contributed by atoms with Gasteiger partial charge in [0.25, 0.3) is 0 Å². The molecule has 9 heteroatoms. The predicted octanol–water partition coefficient (Wildman–Crippen LogP) is -0.397. The van der Waals surface area contributed by atoms with Crippen LogP contribution in [0, 0.1) is 5.92 Å². The lowest BCUT2D eigenvalue weighted by Crippen LogP contribution is -2.41. The van der Waals surface area contributed by atoms with Crippen LogP contribution < -0.4 is 5.32 Å². The number of hydrogen-bond acceptors (Lipinski definition) is 5. The smallest absolute Gasteiger partial charge is 0.322 e. The quantitative estimate of drug-likeness (QED) is 0.788. The van der Waals surface area contributed by atoms with Crippen LogP contribution in [0.4, 0.5) is 10.6 Å². The maximum atomic E-state index is 12.2. The minimum atomic E-state index is -0.301. The molecule has 0 aliphatic carbocycles. The molecule has 2 heterocycles. The molecule has 0 unspecified atom stereocenters. The highest BCUT2D eigenvalue weighted by Crippen LogP contribution is 2.16. The molecule has 0 spiro atoms. The van der Waals surface area contributed by atoms with Crippen LogP contribution >= 0.6 is 0 Å². The monoisotopic (exact) mass is 310 g/mol. The number of rotatable bonds is 4. The number of likely N-dealkylation sites (tertiary alicyclic amines) is 1. The Kier molecular flexibility index (Phi) is 5.31. The van der Waals surface area contributed by atoms with Crippen molar-refractivity contribution in [3.05, 3.63) is 6.20 Å². The number of urea groups is 1. The summed E-state index contributed by atoms with van der Waals surface area (Å²) in [6.07, 6.45) is 3.05. The molecule has 1 saturated heterocycles. The van der Waals surface area contributed by atoms with E-state index in [1.165, 1.54) is 15.9 Å². The average molecular weight is 310 g/mol. The Morgan fingerprint density at radius 2 is 2.09 bits per heavy atom. The molecule has 0 aromatic carbocycles. The summed E-state index contributed by atoms with van der Waals surface area (Å²) in [6, 6.07) is -0.301. The second kappa shape index (κ2) is 7.21. The van der Waals surface area contributed by atoms with Crippen LogP contribution in [-0.4, -0.2) is 75.6 Å². The summed E-state index contributed by atoms with van der Waals surface area (Å²) < 4.78 is 0. The maximum absolute atomic E-state index is 12.2. The van der Waals surface area contributed by atoms with Crippen molar-refractivity contribution in [1.82, 2.24) is 24.8 Å². The first-order valence-corrected chi connectivity index (χ1v) is 7.26. The van der Waals surface area contributed by atoms with Gasteiger partial charge >= 0.3 is 6.03 Å². The average Bonchev–Trinajstić information content (AvgIpc) is 2.94. The van der Waals surface area contributed by atoms with Crippen LogP contribution in [0.3, 0.4) is 0 Å². The molecular formula is C13H22N6O3. The van der Waals surface area contributed by atoms with Crippen molar-refractivity contribution in [1.29, 1.82) is 0 Å². The normalized spacial score (nSPS) is 15.7. The van der Waals surface area contributed by atoms with Gasteiger partial charge in [0, 0.05) is 33.8 Å². The van der Waals surface area contributed by atoms with Crippen LogP contribution in [-0.2, 0) is 11.3 Å². The van der Waals surface area contributed by atoms with E-state index in [1.807, 2.05) is 0 Å². The SMILES string of the molecule is CN(C)C(=O)Nc1cnn(CC(=O)N2CCC(CO)CC2)n1. The topological polar surface area (TPSA) is 104 Å². The summed E-state index contributed by atoms with van der Waals surface area (Å²) in [5.41, 5.74) is 0. The van der Waals surface area contributed by atoms with E-state index >= 15 is 0 Å². The van der Waals surface area contributed by atoms with Crippen molar-refractivity contribution in [2.75, 3.05) is 39.1 Å². The van der Waals surface area contributed by atoms with E-state index in [0.29, 0.717) is 24.8 Å². The van der Waals surface area contributed by atoms with Gasteiger partial charge in [-0.15, -0.1) is 5.10 Å². The number of carbonyl (C=O) groups is 2. The van der Waals surface area contributed by atoms with E-state index in [9.17, 15) is 9.59 Å². The van der Waals surface area contributed by atoms with E-state index in [0.717, 1.165) is 12.8 Å². The molecule has 0 bridgehead atoms. The molecule has 0 atom stereocenters. The fourth-order valence-electron chi connectivity index (χ4n) is 2.24. The molecule has 0 saturated carbocycles. The molecule has 1 aromatic heterocycles. The molecule has 2 N–H and O–H groups in total. The Balaban J connectivity index is 1.85. The number of anilines is 1. The van der Waals surface area contributed by atoms with E-state index < -0.39 is 0 Å². The summed E-state index contributed by atoms with van der Waals surface area (Å²) >= 11 is 0. The van der Waals surface area contributed by atoms with Crippen LogP contribution in [0.2, 0.25) is 0 Å². The molecule has 9 nitrogen and oxygen atoms in total. The minimum Gasteiger partial charge on any atom is -0.396 e. The van der Waals surface area contributed by atoms with Gasteiger partial charge in [-0.2, -0.15) is 9.90 Å². The van der Waals surface area contributed by atoms with Gasteiger partial charge in [0.05, 0.1) is 6.20 Å². The first kappa shape index (κ1) is 16.2. The van der Waals surface area contributed by atoms with Crippen molar-refractivity contribution < 1.29 is 14.7 Å². The summed E-state index contributed by atoms with van der Waals surface area (Å²) in [6.45, 7) is 1.52. The van der Waals surface area contributed by atoms with Crippen molar-refractivity contribution >= 4 is 17.8 Å². The number of aliphatic hydroxyl groups is 1. The Labute approximate surface area is 128 Å². The number of hydrogen-bond donors (Lipinski definition) is 2. The lowest BCUT2D eigenvalue weighted by Gasteiger charge is -2.30. The zero-order chi connectivity index (χ0) is 16.1. The second-order valence-corrected chi connectivity index (χ2v) is 5.59. The van der Waals surface area contributed by atoms with Gasteiger partial charge in [0.15, 0.2) is 5.82 Å². The number of nitrogens with zero attached hydrogens (tertiary/aromatic N) is 5. The highest BCUT2D eigenvalue weighted by atomic mass is 16.3. The summed E-state index contributed by atoms with van der Waals surface area (Å²) in [4.78, 5) is 28.1. The van der Waals surface area contributed by atoms with E-state index in [2.05, 4.69) is 15.5 Å². The lowest BCUT2D eigenvalue weighted by atomic mass is 9.98. The number of carbonyl (C=O) groups excluding carboxylic acids is 2. The Morgan fingerprint density at radius 3 is 2.68 bits per heavy atom. The molecule has 3 amide bonds. The number of amides is 3. The first-order valence-electron chi connectivity index (χ1n) is 7.26. The second-order valence-electron chi connectivity index (χ2n) is 5.59. The molecule has 0 radical (unpaired) electrons. The van der Waals surface area contributed by atoms with E-state index in [4.69, 9.17) is 5.11 Å². The molecule has 1 aliphatic heterocycles. The largest absolute Gasteiger partial charge is 0.396 e. The minimum absolute atomic E-state index is 0.0433. The highest BCUT2D eigenvalue weighted by Gasteiger charge is 2.22. The Hall–Kier alpha value is -2.16. The fraction of sp³-hybridized carbons (Fsp3) is 0.692. The van der Waals surface area contributed by atoms with Gasteiger partial charge in [0.2, 0.25) is 5.91 Å². The molecule has 122 valence electrons. The number of nitrogens with one attached hydrogen (secondary N) is 1. The number of aliphatic hydroxyl groups excluding tert-OH is 1. The van der Waals surface area contributed by atoms with Crippen LogP contribution in [0.1, 0.15) is 12.8 Å². The fourth-order valence-corrected chi connectivity index (χ4v) is 2.24. The zero-order valence-corrected chi connectivity index (χ0v) is 12.9. The summed E-state index contributed by atoms with van der Waals surface area (Å²) in [5.74, 6) is 0.544. The van der Waals surface area contributed by atoms with Crippen LogP contribution in [0.15, 0.2) is 6.20 Å². The molecule has 2 rings (SSSR count). The van der Waals surface area contributed by atoms with Crippen molar-refractivity contribution in [2.24, 2.45) is 5.92 Å². The molecule has 1 aliphatic rings. The Morgan fingerprint density at radius 1 is 1.41 bits per heavy atom. The van der Waals surface area contributed by atoms with Crippen LogP contribution in [0.5, 0.6) is 0 Å². The van der Waals surface area contributed by atoms with Gasteiger partial charge in [0.1, 0.15) is 6.54 Å². The van der Waals surface area contributed by atoms with Crippen LogP contribution in [0.25, 0.3) is 0 Å². The third kappa shape index (κ3) is 4.17. The van der Waals surface area contributed by atoms with E-state index in [-0.39, 0.29) is 25.1 Å². The number of piperidine rings is 1. The zero-order valence-electron chi connectivity index (χ0n) is 12.9. The molecule has 1 fully saturated rings. The standard InChI is InChI=1S/C13H22N6O3/c1-17(2)13(22)15-11-7-14-19(16-11)8-12(21)18-5-3-10(9-20)4-6-18/h7,10,20H,3-6,8-9H2,1-2H3,(H,15,16,22). The summed E-state index contributed by atoms with van der Waals surface area (Å²) in [5, 5.41) is 19.7. The van der Waals surface area contributed by atoms with Gasteiger partial charge in [-0.25, -0.2) is 4.79 Å². The van der Waals surface area contributed by atoms with Crippen molar-refractivity contribution in [3.8, 4) is 0 Å². The first-order chi connectivity index (χ1) is 10.5. The molecule has 1 aromatic rings. The van der Waals surface area contributed by atoms with Gasteiger partial charge in [-0.1, -0.05) is 0 Å². The van der Waals surface area contributed by atoms with Gasteiger partial charge in [-0.3, -0.25) is 10.1 Å². The van der Waals surface area contributed by atoms with Crippen molar-refractivity contribution in [3.63, 3.8) is 0 Å². The van der Waals surface area contributed by atoms with Gasteiger partial charge in [-0.05, 0) is 18.8 Å². The highest BCUT2D eigenvalue weighted by molar-refractivity contribution is 5.87. The molecular weight excluding hydrogens is 288 g/mol. The van der Waals surface area contributed by atoms with Crippen molar-refractivity contribution in [2.45, 2.75) is 19.4 Å². The third-order valence-electron chi connectivity index (χ3n) is 3.68.